The van der Waals surface area contributed by atoms with Crippen LogP contribution in [-0.2, 0) is 6.54 Å². The molecule has 96 valence electrons. The molecule has 1 unspecified atom stereocenters. The second kappa shape index (κ2) is 5.97. The second-order valence-corrected chi connectivity index (χ2v) is 4.75. The lowest BCUT2D eigenvalue weighted by Gasteiger charge is -2.13. The highest BCUT2D eigenvalue weighted by molar-refractivity contribution is 9.10. The highest BCUT2D eigenvalue weighted by atomic mass is 79.9. The van der Waals surface area contributed by atoms with Gasteiger partial charge in [0.15, 0.2) is 0 Å². The van der Waals surface area contributed by atoms with E-state index < -0.39 is 6.10 Å². The SMILES string of the molecule is OC(CNc1ccc(Br)c(F)c1)Cn1cccn1. The molecule has 0 aliphatic heterocycles. The molecule has 0 radical (unpaired) electrons. The average Bonchev–Trinajstić information content (AvgIpc) is 2.83. The van der Waals surface area contributed by atoms with Crippen molar-refractivity contribution in [1.29, 1.82) is 0 Å². The lowest BCUT2D eigenvalue weighted by molar-refractivity contribution is 0.161. The zero-order chi connectivity index (χ0) is 13.0. The fourth-order valence-corrected chi connectivity index (χ4v) is 1.78. The summed E-state index contributed by atoms with van der Waals surface area (Å²) in [7, 11) is 0. The normalized spacial score (nSPS) is 12.4. The molecule has 0 amide bonds. The van der Waals surface area contributed by atoms with Crippen LogP contribution in [0, 0.1) is 5.82 Å². The maximum absolute atomic E-state index is 13.2. The van der Waals surface area contributed by atoms with E-state index in [0.717, 1.165) is 0 Å². The summed E-state index contributed by atoms with van der Waals surface area (Å²) in [5.41, 5.74) is 0.634. The number of aromatic nitrogens is 2. The van der Waals surface area contributed by atoms with E-state index in [2.05, 4.69) is 26.3 Å². The Balaban J connectivity index is 1.85. The number of aliphatic hydroxyl groups excluding tert-OH is 1. The molecule has 0 aliphatic carbocycles. The molecule has 1 atom stereocenters. The quantitative estimate of drug-likeness (QED) is 0.890. The Labute approximate surface area is 113 Å². The van der Waals surface area contributed by atoms with E-state index >= 15 is 0 Å². The van der Waals surface area contributed by atoms with Crippen molar-refractivity contribution < 1.29 is 9.50 Å². The zero-order valence-corrected chi connectivity index (χ0v) is 11.1. The summed E-state index contributed by atoms with van der Waals surface area (Å²) in [5.74, 6) is -0.332. The number of halogens is 2. The minimum atomic E-state index is -0.586. The van der Waals surface area contributed by atoms with Gasteiger partial charge in [-0.15, -0.1) is 0 Å². The average molecular weight is 314 g/mol. The van der Waals surface area contributed by atoms with Gasteiger partial charge in [0.2, 0.25) is 0 Å². The van der Waals surface area contributed by atoms with Crippen LogP contribution in [0.3, 0.4) is 0 Å². The smallest absolute Gasteiger partial charge is 0.139 e. The molecular weight excluding hydrogens is 301 g/mol. The van der Waals surface area contributed by atoms with Crippen molar-refractivity contribution in [2.45, 2.75) is 12.6 Å². The molecule has 18 heavy (non-hydrogen) atoms. The monoisotopic (exact) mass is 313 g/mol. The number of anilines is 1. The molecule has 0 fully saturated rings. The predicted octanol–water partition coefficient (Wildman–Crippen LogP) is 2.26. The van der Waals surface area contributed by atoms with Gasteiger partial charge < -0.3 is 10.4 Å². The fraction of sp³-hybridized carbons (Fsp3) is 0.250. The molecule has 2 aromatic rings. The third-order valence-electron chi connectivity index (χ3n) is 2.42. The van der Waals surface area contributed by atoms with E-state index in [4.69, 9.17) is 0 Å². The van der Waals surface area contributed by atoms with Gasteiger partial charge in [-0.05, 0) is 40.2 Å². The van der Waals surface area contributed by atoms with Crippen molar-refractivity contribution >= 4 is 21.6 Å². The van der Waals surface area contributed by atoms with E-state index in [0.29, 0.717) is 23.2 Å². The Morgan fingerprint density at radius 3 is 3.00 bits per heavy atom. The first-order valence-corrected chi connectivity index (χ1v) is 6.29. The van der Waals surface area contributed by atoms with Crippen molar-refractivity contribution in [2.75, 3.05) is 11.9 Å². The summed E-state index contributed by atoms with van der Waals surface area (Å²) in [5, 5.41) is 16.8. The highest BCUT2D eigenvalue weighted by Crippen LogP contribution is 2.19. The molecule has 0 aliphatic rings. The standard InChI is InChI=1S/C12H13BrFN3O/c13-11-3-2-9(6-12(11)14)15-7-10(18)8-17-5-1-4-16-17/h1-6,10,15,18H,7-8H2. The van der Waals surface area contributed by atoms with Crippen LogP contribution >= 0.6 is 15.9 Å². The van der Waals surface area contributed by atoms with E-state index in [-0.39, 0.29) is 5.82 Å². The molecule has 6 heteroatoms. The molecule has 1 aromatic carbocycles. The molecule has 0 spiro atoms. The molecule has 0 saturated heterocycles. The number of rotatable bonds is 5. The Morgan fingerprint density at radius 2 is 2.33 bits per heavy atom. The van der Waals surface area contributed by atoms with Gasteiger partial charge in [-0.2, -0.15) is 5.10 Å². The van der Waals surface area contributed by atoms with Crippen LogP contribution < -0.4 is 5.32 Å². The number of nitrogens with one attached hydrogen (secondary N) is 1. The topological polar surface area (TPSA) is 50.1 Å². The van der Waals surface area contributed by atoms with Gasteiger partial charge in [0, 0.05) is 24.6 Å². The van der Waals surface area contributed by atoms with Crippen LogP contribution in [0.2, 0.25) is 0 Å². The highest BCUT2D eigenvalue weighted by Gasteiger charge is 2.06. The van der Waals surface area contributed by atoms with Crippen LogP contribution in [0.5, 0.6) is 0 Å². The van der Waals surface area contributed by atoms with E-state index in [1.807, 2.05) is 0 Å². The van der Waals surface area contributed by atoms with Crippen LogP contribution in [0.25, 0.3) is 0 Å². The number of hydrogen-bond donors (Lipinski definition) is 2. The molecular formula is C12H13BrFN3O. The molecule has 2 rings (SSSR count). The van der Waals surface area contributed by atoms with Crippen LogP contribution in [0.4, 0.5) is 10.1 Å². The summed E-state index contributed by atoms with van der Waals surface area (Å²) < 4.78 is 15.3. The summed E-state index contributed by atoms with van der Waals surface area (Å²) >= 11 is 3.09. The Bertz CT molecular complexity index is 504. The van der Waals surface area contributed by atoms with Gasteiger partial charge >= 0.3 is 0 Å². The predicted molar refractivity (Wildman–Crippen MR) is 70.8 cm³/mol. The molecule has 0 saturated carbocycles. The minimum Gasteiger partial charge on any atom is -0.389 e. The van der Waals surface area contributed by atoms with Crippen LogP contribution in [0.15, 0.2) is 41.1 Å². The Morgan fingerprint density at radius 1 is 1.50 bits per heavy atom. The third-order valence-corrected chi connectivity index (χ3v) is 3.06. The van der Waals surface area contributed by atoms with Gasteiger partial charge in [0.25, 0.3) is 0 Å². The maximum Gasteiger partial charge on any atom is 0.139 e. The van der Waals surface area contributed by atoms with Crippen molar-refractivity contribution in [1.82, 2.24) is 9.78 Å². The molecule has 1 aromatic heterocycles. The Hall–Kier alpha value is -1.40. The van der Waals surface area contributed by atoms with Crippen molar-refractivity contribution in [3.8, 4) is 0 Å². The number of aliphatic hydroxyl groups is 1. The first-order valence-electron chi connectivity index (χ1n) is 5.49. The number of hydrogen-bond acceptors (Lipinski definition) is 3. The fourth-order valence-electron chi connectivity index (χ4n) is 1.53. The summed E-state index contributed by atoms with van der Waals surface area (Å²) in [6.07, 6.45) is 2.85. The van der Waals surface area contributed by atoms with Gasteiger partial charge in [-0.25, -0.2) is 4.39 Å². The third kappa shape index (κ3) is 3.54. The number of nitrogens with zero attached hydrogens (tertiary/aromatic N) is 2. The maximum atomic E-state index is 13.2. The van der Waals surface area contributed by atoms with Gasteiger partial charge in [-0.3, -0.25) is 4.68 Å². The van der Waals surface area contributed by atoms with Crippen molar-refractivity contribution in [2.24, 2.45) is 0 Å². The Kier molecular flexibility index (Phi) is 4.33. The summed E-state index contributed by atoms with van der Waals surface area (Å²) in [4.78, 5) is 0. The first-order chi connectivity index (χ1) is 8.65. The van der Waals surface area contributed by atoms with Crippen LogP contribution in [-0.4, -0.2) is 27.5 Å². The van der Waals surface area contributed by atoms with Gasteiger partial charge in [-0.1, -0.05) is 0 Å². The van der Waals surface area contributed by atoms with Crippen molar-refractivity contribution in [3.63, 3.8) is 0 Å². The van der Waals surface area contributed by atoms with E-state index in [1.54, 1.807) is 35.3 Å². The molecule has 2 N–H and O–H groups in total. The second-order valence-electron chi connectivity index (χ2n) is 3.89. The lowest BCUT2D eigenvalue weighted by Crippen LogP contribution is -2.25. The summed E-state index contributed by atoms with van der Waals surface area (Å²) in [6, 6.07) is 6.54. The minimum absolute atomic E-state index is 0.332. The molecule has 4 nitrogen and oxygen atoms in total. The lowest BCUT2D eigenvalue weighted by atomic mass is 10.3. The van der Waals surface area contributed by atoms with E-state index in [9.17, 15) is 9.50 Å². The molecule has 0 bridgehead atoms. The summed E-state index contributed by atoms with van der Waals surface area (Å²) in [6.45, 7) is 0.736. The zero-order valence-electron chi connectivity index (χ0n) is 9.55. The van der Waals surface area contributed by atoms with E-state index in [1.165, 1.54) is 6.07 Å². The largest absolute Gasteiger partial charge is 0.389 e. The van der Waals surface area contributed by atoms with Gasteiger partial charge in [0.05, 0.1) is 17.1 Å². The van der Waals surface area contributed by atoms with Crippen LogP contribution in [0.1, 0.15) is 0 Å². The van der Waals surface area contributed by atoms with Gasteiger partial charge in [0.1, 0.15) is 5.82 Å². The number of benzene rings is 1. The van der Waals surface area contributed by atoms with Crippen molar-refractivity contribution in [3.05, 3.63) is 46.9 Å². The first kappa shape index (κ1) is 13.0. The molecule has 1 heterocycles.